The summed E-state index contributed by atoms with van der Waals surface area (Å²) < 4.78 is 0. The molecule has 0 bridgehead atoms. The third-order valence-corrected chi connectivity index (χ3v) is 5.37. The molecule has 1 aromatic carbocycles. The molecule has 3 N–H and O–H groups in total. The largest absolute Gasteiger partial charge is 0.377 e. The highest BCUT2D eigenvalue weighted by Crippen LogP contribution is 2.31. The maximum Gasteiger partial charge on any atom is 0.293 e. The number of nitrogens with one attached hydrogen (secondary N) is 3. The number of rotatable bonds is 8. The Morgan fingerprint density at radius 2 is 2.00 bits per heavy atom. The number of piperidine rings is 1. The Balaban J connectivity index is 1.47. The molecule has 7 heteroatoms. The first-order valence-corrected chi connectivity index (χ1v) is 9.69. The Morgan fingerprint density at radius 1 is 1.27 bits per heavy atom. The molecule has 1 aliphatic heterocycles. The van der Waals surface area contributed by atoms with Crippen LogP contribution in [0, 0.1) is 16.0 Å². The van der Waals surface area contributed by atoms with Gasteiger partial charge in [-0.1, -0.05) is 6.92 Å². The van der Waals surface area contributed by atoms with Crippen molar-refractivity contribution in [3.05, 3.63) is 33.9 Å². The van der Waals surface area contributed by atoms with Gasteiger partial charge in [0.25, 0.3) is 11.6 Å². The van der Waals surface area contributed by atoms with Crippen LogP contribution in [0.15, 0.2) is 18.2 Å². The van der Waals surface area contributed by atoms with Crippen molar-refractivity contribution >= 4 is 17.3 Å². The van der Waals surface area contributed by atoms with E-state index in [-0.39, 0.29) is 11.6 Å². The summed E-state index contributed by atoms with van der Waals surface area (Å²) >= 11 is 0. The highest BCUT2D eigenvalue weighted by atomic mass is 16.6. The van der Waals surface area contributed by atoms with Crippen LogP contribution in [-0.2, 0) is 0 Å². The van der Waals surface area contributed by atoms with E-state index in [0.717, 1.165) is 31.7 Å². The fraction of sp³-hybridized carbons (Fsp3) is 0.632. The average molecular weight is 361 g/mol. The quantitative estimate of drug-likeness (QED) is 0.373. The smallest absolute Gasteiger partial charge is 0.293 e. The maximum absolute atomic E-state index is 12.3. The fourth-order valence-electron chi connectivity index (χ4n) is 3.46. The van der Waals surface area contributed by atoms with Crippen LogP contribution in [0.25, 0.3) is 0 Å². The van der Waals surface area contributed by atoms with Crippen LogP contribution in [0.3, 0.4) is 0 Å². The van der Waals surface area contributed by atoms with E-state index in [2.05, 4.69) is 17.6 Å². The van der Waals surface area contributed by atoms with Gasteiger partial charge in [-0.25, -0.2) is 0 Å². The molecule has 0 radical (unpaired) electrons. The van der Waals surface area contributed by atoms with Crippen LogP contribution in [0.4, 0.5) is 11.4 Å². The highest BCUT2D eigenvalue weighted by molar-refractivity contribution is 5.95. The molecule has 1 heterocycles. The van der Waals surface area contributed by atoms with E-state index >= 15 is 0 Å². The number of nitro groups is 1. The number of carbonyl (C=O) groups excluding carboxylic acids is 1. The number of nitro benzene ring substituents is 1. The van der Waals surface area contributed by atoms with Gasteiger partial charge in [0.1, 0.15) is 5.69 Å². The van der Waals surface area contributed by atoms with Crippen LogP contribution >= 0.6 is 0 Å². The second-order valence-corrected chi connectivity index (χ2v) is 7.70. The van der Waals surface area contributed by atoms with E-state index in [4.69, 9.17) is 0 Å². The van der Waals surface area contributed by atoms with Crippen LogP contribution in [0.2, 0.25) is 0 Å². The number of anilines is 1. The van der Waals surface area contributed by atoms with E-state index in [9.17, 15) is 14.9 Å². The fourth-order valence-corrected chi connectivity index (χ4v) is 3.46. The predicted molar refractivity (Wildman–Crippen MR) is 101 cm³/mol. The lowest BCUT2D eigenvalue weighted by atomic mass is 9.99. The molecule has 3 rings (SSSR count). The number of carbonyl (C=O) groups is 1. The second kappa shape index (κ2) is 8.49. The number of hydrogen-bond donors (Lipinski definition) is 3. The third kappa shape index (κ3) is 5.17. The van der Waals surface area contributed by atoms with Gasteiger partial charge in [0.2, 0.25) is 0 Å². The monoisotopic (exact) mass is 361 g/mol. The molecule has 0 spiro atoms. The predicted octanol–water partition coefficient (Wildman–Crippen LogP) is 1.60. The van der Waals surface area contributed by atoms with Gasteiger partial charge in [0, 0.05) is 30.6 Å². The van der Waals surface area contributed by atoms with Crippen molar-refractivity contribution in [1.82, 2.24) is 5.32 Å². The zero-order valence-electron chi connectivity index (χ0n) is 15.4. The van der Waals surface area contributed by atoms with Crippen molar-refractivity contribution in [2.24, 2.45) is 5.92 Å². The minimum absolute atomic E-state index is 0.0311. The summed E-state index contributed by atoms with van der Waals surface area (Å²) in [6.07, 6.45) is 5.58. The van der Waals surface area contributed by atoms with Crippen LogP contribution in [0.5, 0.6) is 0 Å². The molecule has 1 saturated heterocycles. The summed E-state index contributed by atoms with van der Waals surface area (Å²) in [6.45, 7) is 6.42. The zero-order valence-corrected chi connectivity index (χ0v) is 15.4. The number of quaternary nitrogens is 1. The van der Waals surface area contributed by atoms with Crippen molar-refractivity contribution in [3.8, 4) is 0 Å². The summed E-state index contributed by atoms with van der Waals surface area (Å²) in [4.78, 5) is 24.8. The number of nitrogens with zero attached hydrogens (tertiary/aromatic N) is 1. The normalized spacial score (nSPS) is 22.7. The van der Waals surface area contributed by atoms with E-state index in [1.54, 1.807) is 17.0 Å². The molecule has 1 saturated carbocycles. The summed E-state index contributed by atoms with van der Waals surface area (Å²) in [5.41, 5.74) is 0.811. The molecule has 2 aliphatic rings. The first-order valence-electron chi connectivity index (χ1n) is 9.69. The molecule has 26 heavy (non-hydrogen) atoms. The van der Waals surface area contributed by atoms with Crippen LogP contribution in [0.1, 0.15) is 49.4 Å². The maximum atomic E-state index is 12.3. The Hall–Kier alpha value is -2.15. The van der Waals surface area contributed by atoms with E-state index in [1.165, 1.54) is 32.0 Å². The Labute approximate surface area is 154 Å². The Bertz CT molecular complexity index is 652. The molecule has 1 aliphatic carbocycles. The molecular formula is C19H29N4O3+. The van der Waals surface area contributed by atoms with Crippen molar-refractivity contribution in [3.63, 3.8) is 0 Å². The van der Waals surface area contributed by atoms with Gasteiger partial charge in [-0.15, -0.1) is 0 Å². The number of likely N-dealkylation sites (tertiary alicyclic amines) is 1. The van der Waals surface area contributed by atoms with Crippen LogP contribution in [-0.4, -0.2) is 43.1 Å². The first kappa shape index (κ1) is 18.6. The highest BCUT2D eigenvalue weighted by Gasteiger charge is 2.25. The molecular weight excluding hydrogens is 332 g/mol. The average Bonchev–Trinajstić information content (AvgIpc) is 3.44. The molecule has 0 unspecified atom stereocenters. The summed E-state index contributed by atoms with van der Waals surface area (Å²) in [5.74, 6) is 0.597. The second-order valence-electron chi connectivity index (χ2n) is 7.70. The SMILES string of the molecule is CC1CC[NH+](CCCNC(=O)c2ccc(NC3CC3)c([N+](=O)[O-])c2)CC1. The van der Waals surface area contributed by atoms with Gasteiger partial charge in [0.05, 0.1) is 24.6 Å². The molecule has 1 amide bonds. The van der Waals surface area contributed by atoms with E-state index < -0.39 is 4.92 Å². The Kier molecular flexibility index (Phi) is 6.08. The van der Waals surface area contributed by atoms with Gasteiger partial charge < -0.3 is 15.5 Å². The number of hydrogen-bond acceptors (Lipinski definition) is 4. The van der Waals surface area contributed by atoms with Gasteiger partial charge in [-0.2, -0.15) is 0 Å². The molecule has 0 aromatic heterocycles. The summed E-state index contributed by atoms with van der Waals surface area (Å²) in [5, 5.41) is 17.3. The van der Waals surface area contributed by atoms with Crippen molar-refractivity contribution < 1.29 is 14.6 Å². The van der Waals surface area contributed by atoms with Gasteiger partial charge in [-0.05, 0) is 43.7 Å². The number of amides is 1. The lowest BCUT2D eigenvalue weighted by Crippen LogP contribution is -3.13. The Morgan fingerprint density at radius 3 is 2.65 bits per heavy atom. The molecule has 1 aromatic rings. The lowest BCUT2D eigenvalue weighted by Gasteiger charge is -2.27. The van der Waals surface area contributed by atoms with Crippen molar-refractivity contribution in [2.75, 3.05) is 31.5 Å². The van der Waals surface area contributed by atoms with Gasteiger partial charge in [-0.3, -0.25) is 14.9 Å². The van der Waals surface area contributed by atoms with Crippen molar-refractivity contribution in [1.29, 1.82) is 0 Å². The minimum atomic E-state index is -0.428. The van der Waals surface area contributed by atoms with E-state index in [1.807, 2.05) is 0 Å². The molecule has 7 nitrogen and oxygen atoms in total. The standard InChI is InChI=1S/C19H28N4O3/c1-14-7-11-22(12-8-14)10-2-9-20-19(24)15-3-6-17(21-16-4-5-16)18(13-15)23(25)26/h3,6,13-14,16,21H,2,4-5,7-12H2,1H3,(H,20,24)/p+1. The zero-order chi connectivity index (χ0) is 18.5. The summed E-state index contributed by atoms with van der Waals surface area (Å²) in [7, 11) is 0. The van der Waals surface area contributed by atoms with Gasteiger partial charge >= 0.3 is 0 Å². The molecule has 2 fully saturated rings. The van der Waals surface area contributed by atoms with Crippen molar-refractivity contribution in [2.45, 2.75) is 45.1 Å². The first-order chi connectivity index (χ1) is 12.5. The molecule has 0 atom stereocenters. The summed E-state index contributed by atoms with van der Waals surface area (Å²) in [6, 6.07) is 5.00. The minimum Gasteiger partial charge on any atom is -0.377 e. The third-order valence-electron chi connectivity index (χ3n) is 5.37. The molecule has 142 valence electrons. The lowest BCUT2D eigenvalue weighted by molar-refractivity contribution is -0.906. The van der Waals surface area contributed by atoms with Crippen LogP contribution < -0.4 is 15.5 Å². The van der Waals surface area contributed by atoms with Gasteiger partial charge in [0.15, 0.2) is 0 Å². The number of benzene rings is 1. The van der Waals surface area contributed by atoms with E-state index in [0.29, 0.717) is 23.8 Å². The topological polar surface area (TPSA) is 88.7 Å².